The molecule has 124 valence electrons. The maximum absolute atomic E-state index is 12.8. The average molecular weight is 332 g/mol. The number of nitrogens with zero attached hydrogens (tertiary/aromatic N) is 3. The molecule has 0 unspecified atom stereocenters. The molecule has 2 aromatic rings. The normalized spacial score (nSPS) is 16.4. The zero-order chi connectivity index (χ0) is 16.6. The van der Waals surface area contributed by atoms with Crippen LogP contribution in [0.25, 0.3) is 10.2 Å². The van der Waals surface area contributed by atoms with Crippen LogP contribution in [0.2, 0.25) is 0 Å². The van der Waals surface area contributed by atoms with Gasteiger partial charge in [0.05, 0.1) is 5.69 Å². The van der Waals surface area contributed by atoms with E-state index in [-0.39, 0.29) is 5.91 Å². The van der Waals surface area contributed by atoms with Crippen LogP contribution in [-0.2, 0) is 0 Å². The summed E-state index contributed by atoms with van der Waals surface area (Å²) < 4.78 is 0. The number of anilines is 1. The van der Waals surface area contributed by atoms with Gasteiger partial charge >= 0.3 is 0 Å². The molecule has 1 aliphatic rings. The maximum Gasteiger partial charge on any atom is 0.266 e. The molecule has 5 nitrogen and oxygen atoms in total. The summed E-state index contributed by atoms with van der Waals surface area (Å²) >= 11 is 1.42. The second kappa shape index (κ2) is 6.45. The van der Waals surface area contributed by atoms with E-state index in [2.05, 4.69) is 30.7 Å². The van der Waals surface area contributed by atoms with Crippen molar-refractivity contribution in [2.75, 3.05) is 38.5 Å². The van der Waals surface area contributed by atoms with Gasteiger partial charge in [-0.15, -0.1) is 11.3 Å². The van der Waals surface area contributed by atoms with Gasteiger partial charge in [0.15, 0.2) is 0 Å². The fraction of sp³-hybridized carbons (Fsp3) is 0.529. The van der Waals surface area contributed by atoms with Crippen LogP contribution in [0.3, 0.4) is 0 Å². The third-order valence-electron chi connectivity index (χ3n) is 4.51. The Morgan fingerprint density at radius 3 is 2.61 bits per heavy atom. The molecular formula is C17H24N4OS. The van der Waals surface area contributed by atoms with Crippen LogP contribution in [0.1, 0.15) is 42.1 Å². The molecule has 0 saturated carbocycles. The summed E-state index contributed by atoms with van der Waals surface area (Å²) in [6.45, 7) is 10.8. The second-order valence-corrected chi connectivity index (χ2v) is 7.31. The lowest BCUT2D eigenvalue weighted by atomic mass is 10.1. The molecule has 1 saturated heterocycles. The Balaban J connectivity index is 1.87. The number of nitrogens with two attached hydrogens (primary N) is 1. The van der Waals surface area contributed by atoms with Crippen LogP contribution in [0.15, 0.2) is 12.1 Å². The first-order chi connectivity index (χ1) is 11.0. The number of aromatic nitrogens is 1. The lowest BCUT2D eigenvalue weighted by Crippen LogP contribution is -2.48. The van der Waals surface area contributed by atoms with Crippen molar-refractivity contribution in [2.24, 2.45) is 0 Å². The van der Waals surface area contributed by atoms with Crippen molar-refractivity contribution in [3.8, 4) is 0 Å². The van der Waals surface area contributed by atoms with Gasteiger partial charge in [-0.2, -0.15) is 0 Å². The van der Waals surface area contributed by atoms with Crippen molar-refractivity contribution in [1.29, 1.82) is 0 Å². The van der Waals surface area contributed by atoms with Crippen LogP contribution in [0, 0.1) is 0 Å². The van der Waals surface area contributed by atoms with E-state index < -0.39 is 0 Å². The molecule has 0 aromatic carbocycles. The minimum Gasteiger partial charge on any atom is -0.397 e. The molecule has 3 heterocycles. The van der Waals surface area contributed by atoms with Gasteiger partial charge in [0.1, 0.15) is 9.71 Å². The summed E-state index contributed by atoms with van der Waals surface area (Å²) in [7, 11) is 0. The molecule has 0 radical (unpaired) electrons. The van der Waals surface area contributed by atoms with Crippen LogP contribution < -0.4 is 5.73 Å². The van der Waals surface area contributed by atoms with Crippen molar-refractivity contribution in [3.63, 3.8) is 0 Å². The molecule has 6 heteroatoms. The van der Waals surface area contributed by atoms with E-state index in [0.717, 1.165) is 48.6 Å². The molecule has 23 heavy (non-hydrogen) atoms. The Hall–Kier alpha value is -1.66. The largest absolute Gasteiger partial charge is 0.397 e. The predicted molar refractivity (Wildman–Crippen MR) is 96.1 cm³/mol. The number of piperazine rings is 1. The first-order valence-electron chi connectivity index (χ1n) is 8.21. The number of likely N-dealkylation sites (N-methyl/N-ethyl adjacent to an activating group) is 1. The van der Waals surface area contributed by atoms with Crippen LogP contribution in [-0.4, -0.2) is 53.4 Å². The number of pyridine rings is 1. The standard InChI is InChI=1S/C17H24N4OS/c1-4-20-7-9-21(10-8-20)17(22)15-14(18)12-5-6-13(11(2)3)19-16(12)23-15/h5-6,11H,4,7-10,18H2,1-3H3. The van der Waals surface area contributed by atoms with Gasteiger partial charge in [0.25, 0.3) is 5.91 Å². The highest BCUT2D eigenvalue weighted by Crippen LogP contribution is 2.34. The van der Waals surface area contributed by atoms with Gasteiger partial charge in [-0.1, -0.05) is 20.8 Å². The number of hydrogen-bond donors (Lipinski definition) is 1. The summed E-state index contributed by atoms with van der Waals surface area (Å²) in [5, 5.41) is 0.898. The van der Waals surface area contributed by atoms with Gasteiger partial charge < -0.3 is 15.5 Å². The Morgan fingerprint density at radius 1 is 1.30 bits per heavy atom. The molecule has 2 aromatic heterocycles. The summed E-state index contributed by atoms with van der Waals surface area (Å²) in [5.41, 5.74) is 7.85. The smallest absolute Gasteiger partial charge is 0.266 e. The lowest BCUT2D eigenvalue weighted by Gasteiger charge is -2.33. The summed E-state index contributed by atoms with van der Waals surface area (Å²) in [6.07, 6.45) is 0. The Bertz CT molecular complexity index is 717. The van der Waals surface area contributed by atoms with Crippen molar-refractivity contribution in [3.05, 3.63) is 22.7 Å². The zero-order valence-corrected chi connectivity index (χ0v) is 14.8. The third-order valence-corrected chi connectivity index (χ3v) is 5.61. The number of carbonyl (C=O) groups is 1. The molecule has 2 N–H and O–H groups in total. The lowest BCUT2D eigenvalue weighted by molar-refractivity contribution is 0.0649. The molecular weight excluding hydrogens is 308 g/mol. The fourth-order valence-electron chi connectivity index (χ4n) is 2.90. The van der Waals surface area contributed by atoms with E-state index in [1.54, 1.807) is 0 Å². The number of rotatable bonds is 3. The first kappa shape index (κ1) is 16.2. The van der Waals surface area contributed by atoms with E-state index >= 15 is 0 Å². The Kier molecular flexibility index (Phi) is 4.55. The SMILES string of the molecule is CCN1CCN(C(=O)c2sc3nc(C(C)C)ccc3c2N)CC1. The molecule has 0 spiro atoms. The van der Waals surface area contributed by atoms with Crippen molar-refractivity contribution >= 4 is 33.1 Å². The minimum atomic E-state index is 0.0485. The number of amides is 1. The minimum absolute atomic E-state index is 0.0485. The van der Waals surface area contributed by atoms with E-state index in [9.17, 15) is 4.79 Å². The second-order valence-electron chi connectivity index (χ2n) is 6.31. The Morgan fingerprint density at radius 2 is 2.00 bits per heavy atom. The fourth-order valence-corrected chi connectivity index (χ4v) is 3.97. The quantitative estimate of drug-likeness (QED) is 0.939. The molecule has 1 amide bonds. The number of thiophene rings is 1. The number of fused-ring (bicyclic) bond motifs is 1. The van der Waals surface area contributed by atoms with Crippen molar-refractivity contribution in [1.82, 2.24) is 14.8 Å². The van der Waals surface area contributed by atoms with Crippen molar-refractivity contribution in [2.45, 2.75) is 26.7 Å². The monoisotopic (exact) mass is 332 g/mol. The summed E-state index contributed by atoms with van der Waals surface area (Å²) in [5.74, 6) is 0.413. The maximum atomic E-state index is 12.8. The van der Waals surface area contributed by atoms with E-state index in [1.165, 1.54) is 11.3 Å². The Labute approximate surface area is 141 Å². The number of nitrogen functional groups attached to an aromatic ring is 1. The number of carbonyl (C=O) groups excluding carboxylic acids is 1. The van der Waals surface area contributed by atoms with Gasteiger partial charge in [-0.3, -0.25) is 4.79 Å². The highest BCUT2D eigenvalue weighted by molar-refractivity contribution is 7.21. The van der Waals surface area contributed by atoms with Crippen LogP contribution in [0.4, 0.5) is 5.69 Å². The predicted octanol–water partition coefficient (Wildman–Crippen LogP) is 2.78. The van der Waals surface area contributed by atoms with Gasteiger partial charge in [-0.25, -0.2) is 4.98 Å². The molecule has 0 bridgehead atoms. The molecule has 1 aliphatic heterocycles. The van der Waals surface area contributed by atoms with Crippen molar-refractivity contribution < 1.29 is 4.79 Å². The number of hydrogen-bond acceptors (Lipinski definition) is 5. The first-order valence-corrected chi connectivity index (χ1v) is 9.03. The van der Waals surface area contributed by atoms with Gasteiger partial charge in [0.2, 0.25) is 0 Å². The van der Waals surface area contributed by atoms with Gasteiger partial charge in [-0.05, 0) is 24.6 Å². The average Bonchev–Trinajstić information content (AvgIpc) is 2.90. The van der Waals surface area contributed by atoms with Crippen LogP contribution in [0.5, 0.6) is 0 Å². The summed E-state index contributed by atoms with van der Waals surface area (Å²) in [6, 6.07) is 4.00. The molecule has 0 atom stereocenters. The highest BCUT2D eigenvalue weighted by atomic mass is 32.1. The molecule has 0 aliphatic carbocycles. The molecule has 3 rings (SSSR count). The summed E-state index contributed by atoms with van der Waals surface area (Å²) in [4.78, 5) is 23.3. The highest BCUT2D eigenvalue weighted by Gasteiger charge is 2.25. The van der Waals surface area contributed by atoms with E-state index in [0.29, 0.717) is 16.5 Å². The zero-order valence-electron chi connectivity index (χ0n) is 14.0. The van der Waals surface area contributed by atoms with E-state index in [4.69, 9.17) is 5.73 Å². The van der Waals surface area contributed by atoms with Crippen LogP contribution >= 0.6 is 11.3 Å². The van der Waals surface area contributed by atoms with Gasteiger partial charge in [0, 0.05) is 37.3 Å². The molecule has 1 fully saturated rings. The third kappa shape index (κ3) is 3.05. The topological polar surface area (TPSA) is 62.5 Å². The van der Waals surface area contributed by atoms with E-state index in [1.807, 2.05) is 17.0 Å².